The minimum atomic E-state index is 0.0998. The molecule has 2 atom stereocenters. The van der Waals surface area contributed by atoms with E-state index in [9.17, 15) is 4.79 Å². The number of hydrogen-bond donors (Lipinski definition) is 0. The summed E-state index contributed by atoms with van der Waals surface area (Å²) in [5.41, 5.74) is 1.52. The fraction of sp³-hybridized carbons (Fsp3) is 0.600. The van der Waals surface area contributed by atoms with Gasteiger partial charge in [0, 0.05) is 37.4 Å². The molecule has 2 fully saturated rings. The standard InChI is InChI=1S/C15H21N3O2/c1-11-14(4-3-5-16-11)15(19)18-7-12-6-17(2)13(8-18)10-20-9-12/h3-5,12-13H,6-10H2,1-2H3/t12-,13+/m1/s1. The van der Waals surface area contributed by atoms with Crippen molar-refractivity contribution in [2.24, 2.45) is 5.92 Å². The SMILES string of the molecule is Cc1ncccc1C(=O)N1C[C@@H]2COC[C@H](C1)N(C)C2. The van der Waals surface area contributed by atoms with E-state index in [1.165, 1.54) is 0 Å². The van der Waals surface area contributed by atoms with Gasteiger partial charge in [-0.1, -0.05) is 0 Å². The molecule has 3 heterocycles. The van der Waals surface area contributed by atoms with Crippen LogP contribution in [0, 0.1) is 12.8 Å². The Bertz CT molecular complexity index is 506. The van der Waals surface area contributed by atoms with Crippen LogP contribution in [-0.2, 0) is 4.74 Å². The highest BCUT2D eigenvalue weighted by atomic mass is 16.5. The normalized spacial score (nSPS) is 27.2. The van der Waals surface area contributed by atoms with Gasteiger partial charge in [0.1, 0.15) is 0 Å². The summed E-state index contributed by atoms with van der Waals surface area (Å²) in [7, 11) is 2.12. The summed E-state index contributed by atoms with van der Waals surface area (Å²) in [4.78, 5) is 21.3. The molecular weight excluding hydrogens is 254 g/mol. The van der Waals surface area contributed by atoms with Crippen molar-refractivity contribution in [3.8, 4) is 0 Å². The third-order valence-corrected chi connectivity index (χ3v) is 4.27. The first kappa shape index (κ1) is 13.5. The van der Waals surface area contributed by atoms with Crippen molar-refractivity contribution in [3.05, 3.63) is 29.6 Å². The van der Waals surface area contributed by atoms with Gasteiger partial charge in [-0.15, -0.1) is 0 Å². The van der Waals surface area contributed by atoms with Gasteiger partial charge in [-0.05, 0) is 26.1 Å². The molecule has 0 radical (unpaired) electrons. The summed E-state index contributed by atoms with van der Waals surface area (Å²) < 4.78 is 5.70. The van der Waals surface area contributed by atoms with E-state index >= 15 is 0 Å². The highest BCUT2D eigenvalue weighted by Crippen LogP contribution is 2.20. The van der Waals surface area contributed by atoms with Crippen molar-refractivity contribution in [3.63, 3.8) is 0 Å². The molecule has 5 nitrogen and oxygen atoms in total. The minimum absolute atomic E-state index is 0.0998. The number of aryl methyl sites for hydroxylation is 1. The minimum Gasteiger partial charge on any atom is -0.379 e. The van der Waals surface area contributed by atoms with Gasteiger partial charge >= 0.3 is 0 Å². The van der Waals surface area contributed by atoms with Crippen LogP contribution >= 0.6 is 0 Å². The predicted octanol–water partition coefficient (Wildman–Crippen LogP) is 0.793. The lowest BCUT2D eigenvalue weighted by molar-refractivity contribution is 0.0433. The Kier molecular flexibility index (Phi) is 3.72. The lowest BCUT2D eigenvalue weighted by atomic mass is 10.1. The molecule has 0 saturated carbocycles. The van der Waals surface area contributed by atoms with Gasteiger partial charge in [-0.2, -0.15) is 0 Å². The number of nitrogens with zero attached hydrogens (tertiary/aromatic N) is 3. The number of amides is 1. The molecule has 108 valence electrons. The largest absolute Gasteiger partial charge is 0.379 e. The zero-order valence-electron chi connectivity index (χ0n) is 12.1. The van der Waals surface area contributed by atoms with E-state index in [0.717, 1.165) is 37.5 Å². The van der Waals surface area contributed by atoms with Gasteiger partial charge in [0.15, 0.2) is 0 Å². The Morgan fingerprint density at radius 1 is 1.35 bits per heavy atom. The molecule has 0 aliphatic carbocycles. The number of pyridine rings is 1. The van der Waals surface area contributed by atoms with E-state index in [2.05, 4.69) is 16.9 Å². The van der Waals surface area contributed by atoms with Gasteiger partial charge in [0.2, 0.25) is 0 Å². The lowest BCUT2D eigenvalue weighted by Gasteiger charge is -2.30. The molecule has 2 bridgehead atoms. The number of rotatable bonds is 1. The van der Waals surface area contributed by atoms with Crippen LogP contribution in [0.2, 0.25) is 0 Å². The molecule has 0 N–H and O–H groups in total. The van der Waals surface area contributed by atoms with Crippen molar-refractivity contribution in [1.29, 1.82) is 0 Å². The highest BCUT2D eigenvalue weighted by molar-refractivity contribution is 5.95. The molecule has 2 aliphatic heterocycles. The summed E-state index contributed by atoms with van der Waals surface area (Å²) in [5.74, 6) is 0.497. The fourth-order valence-electron chi connectivity index (χ4n) is 3.10. The first-order chi connectivity index (χ1) is 9.65. The molecule has 2 aliphatic rings. The van der Waals surface area contributed by atoms with Crippen LogP contribution in [-0.4, -0.2) is 66.6 Å². The topological polar surface area (TPSA) is 45.7 Å². The quantitative estimate of drug-likeness (QED) is 0.760. The van der Waals surface area contributed by atoms with Crippen molar-refractivity contribution in [1.82, 2.24) is 14.8 Å². The second kappa shape index (κ2) is 5.50. The van der Waals surface area contributed by atoms with Gasteiger partial charge in [-0.25, -0.2) is 0 Å². The maximum Gasteiger partial charge on any atom is 0.255 e. The average molecular weight is 275 g/mol. The molecule has 0 spiro atoms. The van der Waals surface area contributed by atoms with Crippen LogP contribution in [0.4, 0.5) is 0 Å². The van der Waals surface area contributed by atoms with Crippen molar-refractivity contribution >= 4 is 5.91 Å². The maximum atomic E-state index is 12.7. The van der Waals surface area contributed by atoms with E-state index in [0.29, 0.717) is 18.6 Å². The maximum absolute atomic E-state index is 12.7. The molecule has 1 amide bonds. The van der Waals surface area contributed by atoms with E-state index < -0.39 is 0 Å². The lowest BCUT2D eigenvalue weighted by Crippen LogP contribution is -2.44. The Balaban J connectivity index is 1.84. The number of hydrogen-bond acceptors (Lipinski definition) is 4. The Morgan fingerprint density at radius 2 is 2.20 bits per heavy atom. The van der Waals surface area contributed by atoms with Crippen molar-refractivity contribution in [2.75, 3.05) is 39.9 Å². The number of aromatic nitrogens is 1. The first-order valence-electron chi connectivity index (χ1n) is 7.14. The molecule has 0 unspecified atom stereocenters. The van der Waals surface area contributed by atoms with Gasteiger partial charge < -0.3 is 9.64 Å². The van der Waals surface area contributed by atoms with E-state index in [1.807, 2.05) is 24.0 Å². The van der Waals surface area contributed by atoms with Gasteiger partial charge in [-0.3, -0.25) is 14.7 Å². The Hall–Kier alpha value is -1.46. The predicted molar refractivity (Wildman–Crippen MR) is 75.6 cm³/mol. The molecule has 1 aromatic rings. The van der Waals surface area contributed by atoms with Crippen LogP contribution in [0.3, 0.4) is 0 Å². The van der Waals surface area contributed by atoms with E-state index in [4.69, 9.17) is 4.74 Å². The second-order valence-corrected chi connectivity index (χ2v) is 5.84. The molecule has 0 aromatic carbocycles. The Labute approximate surface area is 119 Å². The number of ether oxygens (including phenoxy) is 1. The number of fused-ring (bicyclic) bond motifs is 3. The third kappa shape index (κ3) is 2.55. The summed E-state index contributed by atoms with van der Waals surface area (Å²) >= 11 is 0. The zero-order chi connectivity index (χ0) is 14.1. The number of likely N-dealkylation sites (N-methyl/N-ethyl adjacent to an activating group) is 1. The van der Waals surface area contributed by atoms with Crippen molar-refractivity contribution in [2.45, 2.75) is 13.0 Å². The zero-order valence-corrected chi connectivity index (χ0v) is 12.1. The monoisotopic (exact) mass is 275 g/mol. The number of carbonyl (C=O) groups excluding carboxylic acids is 1. The van der Waals surface area contributed by atoms with Crippen LogP contribution in [0.25, 0.3) is 0 Å². The van der Waals surface area contributed by atoms with Crippen LogP contribution in [0.5, 0.6) is 0 Å². The van der Waals surface area contributed by atoms with Crippen LogP contribution in [0.15, 0.2) is 18.3 Å². The summed E-state index contributed by atoms with van der Waals surface area (Å²) in [6, 6.07) is 3.99. The highest BCUT2D eigenvalue weighted by Gasteiger charge is 2.33. The molecular formula is C15H21N3O2. The van der Waals surface area contributed by atoms with Gasteiger partial charge in [0.25, 0.3) is 5.91 Å². The Morgan fingerprint density at radius 3 is 3.00 bits per heavy atom. The van der Waals surface area contributed by atoms with E-state index in [-0.39, 0.29) is 5.91 Å². The molecule has 20 heavy (non-hydrogen) atoms. The third-order valence-electron chi connectivity index (χ3n) is 4.27. The summed E-state index contributed by atoms with van der Waals surface area (Å²) in [6.07, 6.45) is 1.73. The molecule has 3 rings (SSSR count). The van der Waals surface area contributed by atoms with Crippen LogP contribution < -0.4 is 0 Å². The smallest absolute Gasteiger partial charge is 0.255 e. The molecule has 2 saturated heterocycles. The van der Waals surface area contributed by atoms with Crippen molar-refractivity contribution < 1.29 is 9.53 Å². The molecule has 5 heteroatoms. The summed E-state index contributed by atoms with van der Waals surface area (Å²) in [6.45, 7) is 5.86. The first-order valence-corrected chi connectivity index (χ1v) is 7.14. The number of carbonyl (C=O) groups is 1. The average Bonchev–Trinajstić information content (AvgIpc) is 2.67. The molecule has 1 aromatic heterocycles. The van der Waals surface area contributed by atoms with Crippen LogP contribution in [0.1, 0.15) is 16.1 Å². The van der Waals surface area contributed by atoms with Gasteiger partial charge in [0.05, 0.1) is 24.8 Å². The summed E-state index contributed by atoms with van der Waals surface area (Å²) in [5, 5.41) is 0. The fourth-order valence-corrected chi connectivity index (χ4v) is 3.10. The second-order valence-electron chi connectivity index (χ2n) is 5.84. The van der Waals surface area contributed by atoms with E-state index in [1.54, 1.807) is 6.20 Å².